The number of aromatic nitrogens is 2. The van der Waals surface area contributed by atoms with Gasteiger partial charge in [0.05, 0.1) is 10.2 Å². The van der Waals surface area contributed by atoms with Gasteiger partial charge in [-0.15, -0.1) is 11.3 Å². The van der Waals surface area contributed by atoms with E-state index in [1.807, 2.05) is 18.3 Å². The van der Waals surface area contributed by atoms with Crippen molar-refractivity contribution in [3.8, 4) is 11.1 Å². The summed E-state index contributed by atoms with van der Waals surface area (Å²) in [5, 5.41) is 6.67. The number of benzene rings is 2. The quantitative estimate of drug-likeness (QED) is 0.163. The molecular formula is C28H25N3O2S2. The molecule has 0 saturated heterocycles. The standard InChI is InChI=1S/C28H25N3O2S2/c32-25(6-2-1-4-20-5-3-13-34-20)22-16-29-23-11-9-18(14-21(22)23)19-10-12-24-26(15-19)35-28(30-24)31-27(33)17-7-8-17/h3,5,9-17,29H,1-2,4,6-8H2,(H,30,31,33). The van der Waals surface area contributed by atoms with Gasteiger partial charge in [-0.3, -0.25) is 9.59 Å². The highest BCUT2D eigenvalue weighted by molar-refractivity contribution is 7.22. The van der Waals surface area contributed by atoms with E-state index in [1.165, 1.54) is 16.2 Å². The van der Waals surface area contributed by atoms with Gasteiger partial charge in [0.25, 0.3) is 0 Å². The van der Waals surface area contributed by atoms with Crippen LogP contribution in [0, 0.1) is 5.92 Å². The molecule has 5 nitrogen and oxygen atoms in total. The lowest BCUT2D eigenvalue weighted by Crippen LogP contribution is -2.12. The summed E-state index contributed by atoms with van der Waals surface area (Å²) < 4.78 is 1.03. The molecule has 2 aromatic carbocycles. The fourth-order valence-corrected chi connectivity index (χ4v) is 6.08. The third-order valence-corrected chi connectivity index (χ3v) is 8.41. The Morgan fingerprint density at radius 2 is 1.91 bits per heavy atom. The summed E-state index contributed by atoms with van der Waals surface area (Å²) in [4.78, 5) is 34.3. The highest BCUT2D eigenvalue weighted by Crippen LogP contribution is 2.34. The Morgan fingerprint density at radius 1 is 1.06 bits per heavy atom. The van der Waals surface area contributed by atoms with Gasteiger partial charge >= 0.3 is 0 Å². The Hall–Kier alpha value is -3.29. The molecule has 0 bridgehead atoms. The number of nitrogens with one attached hydrogen (secondary N) is 2. The van der Waals surface area contributed by atoms with Gasteiger partial charge in [-0.2, -0.15) is 0 Å². The van der Waals surface area contributed by atoms with Gasteiger partial charge in [-0.05, 0) is 78.9 Å². The lowest BCUT2D eigenvalue weighted by atomic mass is 9.99. The van der Waals surface area contributed by atoms with Gasteiger partial charge in [0.1, 0.15) is 0 Å². The van der Waals surface area contributed by atoms with E-state index in [2.05, 4.69) is 57.1 Å². The molecular weight excluding hydrogens is 474 g/mol. The van der Waals surface area contributed by atoms with Crippen LogP contribution in [-0.4, -0.2) is 21.7 Å². The molecule has 1 amide bonds. The number of aryl methyl sites for hydroxylation is 1. The predicted molar refractivity (Wildman–Crippen MR) is 144 cm³/mol. The summed E-state index contributed by atoms with van der Waals surface area (Å²) in [6.07, 6.45) is 7.31. The van der Waals surface area contributed by atoms with E-state index in [1.54, 1.807) is 11.3 Å². The number of hydrogen-bond acceptors (Lipinski definition) is 5. The number of rotatable bonds is 9. The second kappa shape index (κ2) is 9.40. The lowest BCUT2D eigenvalue weighted by molar-refractivity contribution is -0.117. The van der Waals surface area contributed by atoms with Crippen LogP contribution in [0.1, 0.15) is 47.3 Å². The summed E-state index contributed by atoms with van der Waals surface area (Å²) in [5.74, 6) is 0.419. The van der Waals surface area contributed by atoms with E-state index >= 15 is 0 Å². The number of anilines is 1. The number of carbonyl (C=O) groups excluding carboxylic acids is 2. The first-order chi connectivity index (χ1) is 17.1. The van der Waals surface area contributed by atoms with Crippen molar-refractivity contribution in [2.45, 2.75) is 38.5 Å². The third-order valence-electron chi connectivity index (χ3n) is 6.54. The number of carbonyl (C=O) groups is 2. The predicted octanol–water partition coefficient (Wildman–Crippen LogP) is 7.45. The van der Waals surface area contributed by atoms with Gasteiger partial charge in [-0.25, -0.2) is 4.98 Å². The molecule has 5 aromatic rings. The lowest BCUT2D eigenvalue weighted by Gasteiger charge is -2.04. The van der Waals surface area contributed by atoms with Crippen LogP contribution in [0.5, 0.6) is 0 Å². The molecule has 176 valence electrons. The van der Waals surface area contributed by atoms with Crippen LogP contribution in [0.2, 0.25) is 0 Å². The molecule has 0 radical (unpaired) electrons. The monoisotopic (exact) mass is 499 g/mol. The number of unbranched alkanes of at least 4 members (excludes halogenated alkanes) is 1. The number of fused-ring (bicyclic) bond motifs is 2. The number of thiophene rings is 1. The van der Waals surface area contributed by atoms with Gasteiger partial charge in [0.2, 0.25) is 5.91 Å². The summed E-state index contributed by atoms with van der Waals surface area (Å²) in [6, 6.07) is 16.6. The van der Waals surface area contributed by atoms with Crippen molar-refractivity contribution in [2.24, 2.45) is 5.92 Å². The fraction of sp³-hybridized carbons (Fsp3) is 0.250. The topological polar surface area (TPSA) is 74.8 Å². The molecule has 1 aliphatic rings. The van der Waals surface area contributed by atoms with Gasteiger partial charge in [-0.1, -0.05) is 29.5 Å². The van der Waals surface area contributed by atoms with Crippen molar-refractivity contribution in [3.05, 3.63) is 70.5 Å². The van der Waals surface area contributed by atoms with E-state index in [0.717, 1.165) is 69.9 Å². The first-order valence-electron chi connectivity index (χ1n) is 12.0. The largest absolute Gasteiger partial charge is 0.360 e. The number of ketones is 1. The summed E-state index contributed by atoms with van der Waals surface area (Å²) in [5.41, 5.74) is 4.74. The molecule has 2 N–H and O–H groups in total. The van der Waals surface area contributed by atoms with Gasteiger partial charge in [0.15, 0.2) is 10.9 Å². The SMILES string of the molecule is O=C(CCCCc1cccs1)c1c[nH]c2ccc(-c3ccc4nc(NC(=O)C5CC5)sc4c3)cc12. The number of hydrogen-bond donors (Lipinski definition) is 2. The van der Waals surface area contributed by atoms with E-state index < -0.39 is 0 Å². The van der Waals surface area contributed by atoms with E-state index in [4.69, 9.17) is 0 Å². The molecule has 1 aliphatic carbocycles. The molecule has 3 heterocycles. The van der Waals surface area contributed by atoms with Crippen molar-refractivity contribution in [1.29, 1.82) is 0 Å². The Balaban J connectivity index is 1.19. The van der Waals surface area contributed by atoms with Crippen molar-refractivity contribution >= 4 is 60.6 Å². The molecule has 1 saturated carbocycles. The zero-order valence-electron chi connectivity index (χ0n) is 19.2. The summed E-state index contributed by atoms with van der Waals surface area (Å²) in [6.45, 7) is 0. The fourth-order valence-electron chi connectivity index (χ4n) is 4.42. The second-order valence-electron chi connectivity index (χ2n) is 9.14. The van der Waals surface area contributed by atoms with Crippen molar-refractivity contribution in [1.82, 2.24) is 9.97 Å². The zero-order valence-corrected chi connectivity index (χ0v) is 20.8. The third kappa shape index (κ3) is 4.79. The van der Waals surface area contributed by atoms with Crippen LogP contribution >= 0.6 is 22.7 Å². The molecule has 0 atom stereocenters. The Kier molecular flexibility index (Phi) is 5.96. The maximum atomic E-state index is 13.0. The highest BCUT2D eigenvalue weighted by Gasteiger charge is 2.30. The Labute approximate surface area is 211 Å². The van der Waals surface area contributed by atoms with Crippen LogP contribution < -0.4 is 5.32 Å². The Morgan fingerprint density at radius 3 is 2.74 bits per heavy atom. The molecule has 1 fully saturated rings. The smallest absolute Gasteiger partial charge is 0.229 e. The molecule has 7 heteroatoms. The van der Waals surface area contributed by atoms with Crippen LogP contribution in [0.15, 0.2) is 60.1 Å². The maximum absolute atomic E-state index is 13.0. The van der Waals surface area contributed by atoms with Crippen LogP contribution in [-0.2, 0) is 11.2 Å². The van der Waals surface area contributed by atoms with Gasteiger partial charge in [0, 0.05) is 39.9 Å². The second-order valence-corrected chi connectivity index (χ2v) is 11.2. The van der Waals surface area contributed by atoms with Crippen LogP contribution in [0.3, 0.4) is 0 Å². The number of Topliss-reactive ketones (excluding diaryl/α,β-unsaturated/α-hetero) is 1. The minimum Gasteiger partial charge on any atom is -0.360 e. The zero-order chi connectivity index (χ0) is 23.8. The molecule has 3 aromatic heterocycles. The number of H-pyrrole nitrogens is 1. The first-order valence-corrected chi connectivity index (χ1v) is 13.7. The summed E-state index contributed by atoms with van der Waals surface area (Å²) in [7, 11) is 0. The maximum Gasteiger partial charge on any atom is 0.229 e. The molecule has 35 heavy (non-hydrogen) atoms. The number of aromatic amines is 1. The normalized spacial score (nSPS) is 13.5. The minimum atomic E-state index is 0.0749. The molecule has 0 unspecified atom stereocenters. The molecule has 6 rings (SSSR count). The van der Waals surface area contributed by atoms with Crippen LogP contribution in [0.25, 0.3) is 32.2 Å². The summed E-state index contributed by atoms with van der Waals surface area (Å²) >= 11 is 3.28. The van der Waals surface area contributed by atoms with E-state index in [9.17, 15) is 9.59 Å². The molecule has 0 aliphatic heterocycles. The van der Waals surface area contributed by atoms with Crippen molar-refractivity contribution < 1.29 is 9.59 Å². The highest BCUT2D eigenvalue weighted by atomic mass is 32.1. The van der Waals surface area contributed by atoms with E-state index in [0.29, 0.717) is 11.6 Å². The first kappa shape index (κ1) is 22.2. The van der Waals surface area contributed by atoms with Crippen molar-refractivity contribution in [2.75, 3.05) is 5.32 Å². The van der Waals surface area contributed by atoms with Crippen LogP contribution in [0.4, 0.5) is 5.13 Å². The average Bonchev–Trinajstić information content (AvgIpc) is 3.25. The average molecular weight is 500 g/mol. The van der Waals surface area contributed by atoms with Crippen molar-refractivity contribution in [3.63, 3.8) is 0 Å². The number of thiazole rings is 1. The minimum absolute atomic E-state index is 0.0749. The van der Waals surface area contributed by atoms with E-state index in [-0.39, 0.29) is 17.6 Å². The molecule has 0 spiro atoms. The number of amides is 1. The Bertz CT molecular complexity index is 1530. The van der Waals surface area contributed by atoms with Gasteiger partial charge < -0.3 is 10.3 Å². The number of nitrogens with zero attached hydrogens (tertiary/aromatic N) is 1.